The Hall–Kier alpha value is -2.60. The Labute approximate surface area is 138 Å². The SMILES string of the molecule is CN(Cc1cnn(C)c1)C(=O)c1cc(-c2cccc(Cl)c2)no1. The zero-order valence-corrected chi connectivity index (χ0v) is 13.5. The quantitative estimate of drug-likeness (QED) is 0.737. The second-order valence-corrected chi connectivity index (χ2v) is 5.71. The first-order valence-corrected chi connectivity index (χ1v) is 7.36. The monoisotopic (exact) mass is 330 g/mol. The summed E-state index contributed by atoms with van der Waals surface area (Å²) in [6, 6.07) is 8.85. The number of aromatic nitrogens is 3. The lowest BCUT2D eigenvalue weighted by atomic mass is 10.1. The molecule has 0 spiro atoms. The number of rotatable bonds is 4. The molecular formula is C16H15ClN4O2. The van der Waals surface area contributed by atoms with E-state index in [1.54, 1.807) is 41.0 Å². The highest BCUT2D eigenvalue weighted by atomic mass is 35.5. The second-order valence-electron chi connectivity index (χ2n) is 5.27. The molecule has 0 N–H and O–H groups in total. The Morgan fingerprint density at radius 1 is 1.39 bits per heavy atom. The molecule has 1 aromatic carbocycles. The molecule has 7 heteroatoms. The van der Waals surface area contributed by atoms with E-state index in [9.17, 15) is 4.79 Å². The van der Waals surface area contributed by atoms with Gasteiger partial charge in [0.15, 0.2) is 0 Å². The average molecular weight is 331 g/mol. The summed E-state index contributed by atoms with van der Waals surface area (Å²) in [5.41, 5.74) is 2.32. The van der Waals surface area contributed by atoms with Crippen LogP contribution < -0.4 is 0 Å². The highest BCUT2D eigenvalue weighted by molar-refractivity contribution is 6.30. The Balaban J connectivity index is 1.75. The summed E-state index contributed by atoms with van der Waals surface area (Å²) in [4.78, 5) is 14.0. The summed E-state index contributed by atoms with van der Waals surface area (Å²) in [6.07, 6.45) is 3.59. The molecule has 2 heterocycles. The molecule has 3 aromatic rings. The molecule has 0 aliphatic heterocycles. The number of halogens is 1. The van der Waals surface area contributed by atoms with E-state index < -0.39 is 0 Å². The van der Waals surface area contributed by atoms with Crippen molar-refractivity contribution in [3.63, 3.8) is 0 Å². The number of hydrogen-bond acceptors (Lipinski definition) is 4. The average Bonchev–Trinajstić information content (AvgIpc) is 3.16. The maximum Gasteiger partial charge on any atom is 0.292 e. The van der Waals surface area contributed by atoms with E-state index in [1.807, 2.05) is 25.4 Å². The number of benzene rings is 1. The molecule has 0 aliphatic carbocycles. The van der Waals surface area contributed by atoms with Crippen molar-refractivity contribution < 1.29 is 9.32 Å². The molecule has 1 amide bonds. The van der Waals surface area contributed by atoms with Crippen LogP contribution in [0.4, 0.5) is 0 Å². The van der Waals surface area contributed by atoms with Crippen LogP contribution in [0.5, 0.6) is 0 Å². The number of hydrogen-bond donors (Lipinski definition) is 0. The van der Waals surface area contributed by atoms with E-state index in [2.05, 4.69) is 10.3 Å². The van der Waals surface area contributed by atoms with Crippen LogP contribution in [0.3, 0.4) is 0 Å². The lowest BCUT2D eigenvalue weighted by molar-refractivity contribution is 0.0743. The largest absolute Gasteiger partial charge is 0.350 e. The first-order valence-electron chi connectivity index (χ1n) is 6.98. The predicted octanol–water partition coefficient (Wildman–Crippen LogP) is 3.00. The maximum atomic E-state index is 12.4. The summed E-state index contributed by atoms with van der Waals surface area (Å²) in [7, 11) is 3.54. The Kier molecular flexibility index (Phi) is 4.16. The van der Waals surface area contributed by atoms with Crippen LogP contribution in [0.15, 0.2) is 47.2 Å². The minimum atomic E-state index is -0.241. The van der Waals surface area contributed by atoms with Crippen LogP contribution in [-0.4, -0.2) is 32.8 Å². The molecule has 3 rings (SSSR count). The molecular weight excluding hydrogens is 316 g/mol. The number of aryl methyl sites for hydroxylation is 1. The van der Waals surface area contributed by atoms with Crippen molar-refractivity contribution in [1.29, 1.82) is 0 Å². The fourth-order valence-corrected chi connectivity index (χ4v) is 2.44. The molecule has 6 nitrogen and oxygen atoms in total. The second kappa shape index (κ2) is 6.26. The van der Waals surface area contributed by atoms with Crippen molar-refractivity contribution in [1.82, 2.24) is 19.8 Å². The van der Waals surface area contributed by atoms with E-state index in [0.717, 1.165) is 11.1 Å². The van der Waals surface area contributed by atoms with Gasteiger partial charge in [-0.1, -0.05) is 28.9 Å². The third kappa shape index (κ3) is 3.43. The number of nitrogens with zero attached hydrogens (tertiary/aromatic N) is 4. The first-order chi connectivity index (χ1) is 11.0. The number of carbonyl (C=O) groups excluding carboxylic acids is 1. The van der Waals surface area contributed by atoms with Crippen LogP contribution in [0, 0.1) is 0 Å². The van der Waals surface area contributed by atoms with Gasteiger partial charge >= 0.3 is 0 Å². The van der Waals surface area contributed by atoms with Crippen LogP contribution >= 0.6 is 11.6 Å². The lowest BCUT2D eigenvalue weighted by Gasteiger charge is -2.13. The molecule has 0 unspecified atom stereocenters. The van der Waals surface area contributed by atoms with Gasteiger partial charge in [-0.2, -0.15) is 5.10 Å². The normalized spacial score (nSPS) is 10.7. The van der Waals surface area contributed by atoms with E-state index in [1.165, 1.54) is 0 Å². The number of carbonyl (C=O) groups is 1. The standard InChI is InChI=1S/C16H15ClN4O2/c1-20(9-11-8-18-21(2)10-11)16(22)15-7-14(19-23-15)12-4-3-5-13(17)6-12/h3-8,10H,9H2,1-2H3. The zero-order valence-electron chi connectivity index (χ0n) is 12.7. The summed E-state index contributed by atoms with van der Waals surface area (Å²) >= 11 is 5.97. The van der Waals surface area contributed by atoms with Crippen molar-refractivity contribution in [2.24, 2.45) is 7.05 Å². The van der Waals surface area contributed by atoms with Gasteiger partial charge in [0.2, 0.25) is 5.76 Å². The molecule has 0 saturated carbocycles. The smallest absolute Gasteiger partial charge is 0.292 e. The van der Waals surface area contributed by atoms with Gasteiger partial charge in [-0.3, -0.25) is 9.48 Å². The summed E-state index contributed by atoms with van der Waals surface area (Å²) in [6.45, 7) is 0.444. The highest BCUT2D eigenvalue weighted by Gasteiger charge is 2.18. The molecule has 0 aliphatic rings. The molecule has 23 heavy (non-hydrogen) atoms. The van der Waals surface area contributed by atoms with E-state index >= 15 is 0 Å². The number of amides is 1. The van der Waals surface area contributed by atoms with Gasteiger partial charge in [-0.15, -0.1) is 0 Å². The predicted molar refractivity (Wildman–Crippen MR) is 86.0 cm³/mol. The fraction of sp³-hybridized carbons (Fsp3) is 0.188. The van der Waals surface area contributed by atoms with Crippen molar-refractivity contribution in [2.45, 2.75) is 6.54 Å². The van der Waals surface area contributed by atoms with E-state index in [-0.39, 0.29) is 11.7 Å². The molecule has 0 saturated heterocycles. The Bertz CT molecular complexity index is 840. The topological polar surface area (TPSA) is 64.2 Å². The minimum Gasteiger partial charge on any atom is -0.350 e. The molecule has 2 aromatic heterocycles. The molecule has 0 atom stereocenters. The van der Waals surface area contributed by atoms with Gasteiger partial charge < -0.3 is 9.42 Å². The molecule has 0 radical (unpaired) electrons. The third-order valence-corrected chi connectivity index (χ3v) is 3.60. The van der Waals surface area contributed by atoms with Crippen LogP contribution in [0.2, 0.25) is 5.02 Å². The minimum absolute atomic E-state index is 0.186. The van der Waals surface area contributed by atoms with Gasteiger partial charge in [-0.05, 0) is 12.1 Å². The van der Waals surface area contributed by atoms with Gasteiger partial charge in [0, 0.05) is 49.1 Å². The van der Waals surface area contributed by atoms with Crippen molar-refractivity contribution in [3.05, 3.63) is 59.1 Å². The van der Waals surface area contributed by atoms with Crippen molar-refractivity contribution >= 4 is 17.5 Å². The highest BCUT2D eigenvalue weighted by Crippen LogP contribution is 2.23. The Morgan fingerprint density at radius 3 is 2.91 bits per heavy atom. The van der Waals surface area contributed by atoms with Crippen molar-refractivity contribution in [3.8, 4) is 11.3 Å². The maximum absolute atomic E-state index is 12.4. The Morgan fingerprint density at radius 2 is 2.22 bits per heavy atom. The van der Waals surface area contributed by atoms with E-state index in [0.29, 0.717) is 17.3 Å². The zero-order chi connectivity index (χ0) is 16.4. The molecule has 0 fully saturated rings. The van der Waals surface area contributed by atoms with E-state index in [4.69, 9.17) is 16.1 Å². The van der Waals surface area contributed by atoms with Gasteiger partial charge in [0.25, 0.3) is 5.91 Å². The first kappa shape index (κ1) is 15.3. The van der Waals surface area contributed by atoms with Gasteiger partial charge in [0.05, 0.1) is 6.20 Å². The van der Waals surface area contributed by atoms with Gasteiger partial charge in [-0.25, -0.2) is 0 Å². The van der Waals surface area contributed by atoms with Crippen LogP contribution in [0.1, 0.15) is 16.1 Å². The van der Waals surface area contributed by atoms with Crippen LogP contribution in [-0.2, 0) is 13.6 Å². The summed E-state index contributed by atoms with van der Waals surface area (Å²) < 4.78 is 6.87. The van der Waals surface area contributed by atoms with Gasteiger partial charge in [0.1, 0.15) is 5.69 Å². The third-order valence-electron chi connectivity index (χ3n) is 3.37. The summed E-state index contributed by atoms with van der Waals surface area (Å²) in [5, 5.41) is 8.63. The molecule has 118 valence electrons. The fourth-order valence-electron chi connectivity index (χ4n) is 2.25. The van der Waals surface area contributed by atoms with Crippen LogP contribution in [0.25, 0.3) is 11.3 Å². The van der Waals surface area contributed by atoms with Crippen molar-refractivity contribution in [2.75, 3.05) is 7.05 Å². The lowest BCUT2D eigenvalue weighted by Crippen LogP contribution is -2.25. The summed E-state index contributed by atoms with van der Waals surface area (Å²) in [5.74, 6) is -0.0546. The molecule has 0 bridgehead atoms.